The van der Waals surface area contributed by atoms with Gasteiger partial charge in [-0.3, -0.25) is 0 Å². The van der Waals surface area contributed by atoms with Gasteiger partial charge in [0.25, 0.3) is 0 Å². The van der Waals surface area contributed by atoms with E-state index in [9.17, 15) is 5.11 Å². The lowest BCUT2D eigenvalue weighted by Crippen LogP contribution is -2.39. The van der Waals surface area contributed by atoms with Crippen LogP contribution in [0.25, 0.3) is 0 Å². The van der Waals surface area contributed by atoms with Gasteiger partial charge in [-0.25, -0.2) is 0 Å². The molecule has 0 heterocycles. The Morgan fingerprint density at radius 3 is 2.22 bits per heavy atom. The first-order valence-electron chi connectivity index (χ1n) is 8.02. The van der Waals surface area contributed by atoms with E-state index < -0.39 is 0 Å². The minimum atomic E-state index is -0.0235. The lowest BCUT2D eigenvalue weighted by Gasteiger charge is -2.45. The number of fused-ring (bicyclic) bond motifs is 2. The number of rotatable bonds is 1. The minimum absolute atomic E-state index is 0.0235. The molecule has 3 aliphatic carbocycles. The summed E-state index contributed by atoms with van der Waals surface area (Å²) in [6.07, 6.45) is 7.76. The Balaban J connectivity index is 1.82. The fourth-order valence-corrected chi connectivity index (χ4v) is 5.93. The minimum Gasteiger partial charge on any atom is -0.393 e. The Hall–Kier alpha value is -0.0400. The summed E-state index contributed by atoms with van der Waals surface area (Å²) in [5, 5.41) is 10.1. The summed E-state index contributed by atoms with van der Waals surface area (Å²) in [5.41, 5.74) is 1.07. The highest BCUT2D eigenvalue weighted by Crippen LogP contribution is 2.70. The molecule has 2 bridgehead atoms. The smallest absolute Gasteiger partial charge is 0.0545 e. The Kier molecular flexibility index (Phi) is 2.86. The van der Waals surface area contributed by atoms with Gasteiger partial charge in [-0.1, -0.05) is 27.7 Å². The standard InChI is InChI=1S/C17H30O/c1-11-7-12(9-14(18)8-11)15-10-13-5-6-17(15,4)16(13,2)3/h11-15,18H,5-10H2,1-4H3/t11?,12?,13-,14?,15+,17+/m1/s1. The van der Waals surface area contributed by atoms with Crippen LogP contribution in [0.3, 0.4) is 0 Å². The topological polar surface area (TPSA) is 20.2 Å². The maximum atomic E-state index is 10.1. The van der Waals surface area contributed by atoms with Gasteiger partial charge in [-0.15, -0.1) is 0 Å². The Bertz CT molecular complexity index is 325. The molecule has 0 aliphatic heterocycles. The number of aliphatic hydroxyl groups excluding tert-OH is 1. The third kappa shape index (κ3) is 1.62. The van der Waals surface area contributed by atoms with Gasteiger partial charge in [0.05, 0.1) is 6.10 Å². The average molecular weight is 250 g/mol. The van der Waals surface area contributed by atoms with Crippen LogP contribution in [0.1, 0.15) is 66.2 Å². The molecule has 0 spiro atoms. The van der Waals surface area contributed by atoms with Crippen molar-refractivity contribution < 1.29 is 5.11 Å². The van der Waals surface area contributed by atoms with Crippen molar-refractivity contribution in [2.75, 3.05) is 0 Å². The van der Waals surface area contributed by atoms with Crippen LogP contribution in [-0.4, -0.2) is 11.2 Å². The van der Waals surface area contributed by atoms with E-state index in [0.717, 1.165) is 36.5 Å². The van der Waals surface area contributed by atoms with Crippen molar-refractivity contribution in [1.29, 1.82) is 0 Å². The Morgan fingerprint density at radius 1 is 1.00 bits per heavy atom. The van der Waals surface area contributed by atoms with E-state index in [-0.39, 0.29) is 6.10 Å². The largest absolute Gasteiger partial charge is 0.393 e. The number of hydrogen-bond donors (Lipinski definition) is 1. The molecule has 3 saturated carbocycles. The molecule has 1 heteroatoms. The molecule has 3 aliphatic rings. The molecule has 0 amide bonds. The van der Waals surface area contributed by atoms with Gasteiger partial charge in [0.15, 0.2) is 0 Å². The van der Waals surface area contributed by atoms with E-state index >= 15 is 0 Å². The number of aliphatic hydroxyl groups is 1. The third-order valence-electron chi connectivity index (χ3n) is 7.38. The summed E-state index contributed by atoms with van der Waals surface area (Å²) in [6, 6.07) is 0. The van der Waals surface area contributed by atoms with E-state index in [4.69, 9.17) is 0 Å². The maximum Gasteiger partial charge on any atom is 0.0545 e. The van der Waals surface area contributed by atoms with E-state index in [1.165, 1.54) is 25.7 Å². The number of hydrogen-bond acceptors (Lipinski definition) is 1. The van der Waals surface area contributed by atoms with E-state index in [0.29, 0.717) is 10.8 Å². The highest BCUT2D eigenvalue weighted by Gasteiger charge is 2.62. The summed E-state index contributed by atoms with van der Waals surface area (Å²) in [7, 11) is 0. The first-order valence-corrected chi connectivity index (χ1v) is 8.02. The second kappa shape index (κ2) is 3.98. The summed E-state index contributed by atoms with van der Waals surface area (Å²) in [4.78, 5) is 0. The van der Waals surface area contributed by atoms with E-state index in [1.807, 2.05) is 0 Å². The van der Waals surface area contributed by atoms with Crippen molar-refractivity contribution >= 4 is 0 Å². The molecule has 0 radical (unpaired) electrons. The zero-order valence-electron chi connectivity index (χ0n) is 12.6. The van der Waals surface area contributed by atoms with Crippen LogP contribution < -0.4 is 0 Å². The van der Waals surface area contributed by atoms with Crippen LogP contribution >= 0.6 is 0 Å². The van der Waals surface area contributed by atoms with Crippen LogP contribution in [-0.2, 0) is 0 Å². The van der Waals surface area contributed by atoms with Crippen molar-refractivity contribution in [3.05, 3.63) is 0 Å². The van der Waals surface area contributed by atoms with Gasteiger partial charge in [0, 0.05) is 0 Å². The summed E-state index contributed by atoms with van der Waals surface area (Å²) in [5.74, 6) is 3.34. The van der Waals surface area contributed by atoms with Gasteiger partial charge < -0.3 is 5.11 Å². The maximum absolute atomic E-state index is 10.1. The van der Waals surface area contributed by atoms with Crippen LogP contribution in [0.4, 0.5) is 0 Å². The quantitative estimate of drug-likeness (QED) is 0.738. The van der Waals surface area contributed by atoms with Gasteiger partial charge in [0.2, 0.25) is 0 Å². The van der Waals surface area contributed by atoms with Crippen LogP contribution in [0.5, 0.6) is 0 Å². The fourth-order valence-electron chi connectivity index (χ4n) is 5.93. The molecule has 0 aromatic rings. The van der Waals surface area contributed by atoms with Gasteiger partial charge in [-0.05, 0) is 73.0 Å². The lowest BCUT2D eigenvalue weighted by molar-refractivity contribution is 0.00173. The first-order chi connectivity index (χ1) is 8.34. The molecule has 0 aromatic heterocycles. The summed E-state index contributed by atoms with van der Waals surface area (Å²) < 4.78 is 0. The monoisotopic (exact) mass is 250 g/mol. The molecule has 3 unspecified atom stereocenters. The molecule has 18 heavy (non-hydrogen) atoms. The zero-order chi connectivity index (χ0) is 13.1. The molecule has 1 nitrogen and oxygen atoms in total. The normalized spacial score (nSPS) is 54.8. The molecule has 3 rings (SSSR count). The summed E-state index contributed by atoms with van der Waals surface area (Å²) >= 11 is 0. The second-order valence-electron chi connectivity index (χ2n) is 8.44. The molecule has 0 aromatic carbocycles. The van der Waals surface area contributed by atoms with Crippen molar-refractivity contribution in [3.8, 4) is 0 Å². The second-order valence-corrected chi connectivity index (χ2v) is 8.44. The summed E-state index contributed by atoms with van der Waals surface area (Å²) in [6.45, 7) is 9.90. The highest BCUT2D eigenvalue weighted by atomic mass is 16.3. The zero-order valence-corrected chi connectivity index (χ0v) is 12.6. The van der Waals surface area contributed by atoms with Crippen LogP contribution in [0.2, 0.25) is 0 Å². The molecule has 104 valence electrons. The predicted octanol–water partition coefficient (Wildman–Crippen LogP) is 4.25. The molecule has 3 fully saturated rings. The molecule has 1 N–H and O–H groups in total. The molecular formula is C17H30O. The highest BCUT2D eigenvalue weighted by molar-refractivity contribution is 5.11. The SMILES string of the molecule is CC1CC(O)CC([C@@H]2C[C@H]3CC[C@]2(C)C3(C)C)C1. The van der Waals surface area contributed by atoms with E-state index in [1.54, 1.807) is 0 Å². The van der Waals surface area contributed by atoms with Crippen LogP contribution in [0.15, 0.2) is 0 Å². The molecular weight excluding hydrogens is 220 g/mol. The fraction of sp³-hybridized carbons (Fsp3) is 1.00. The lowest BCUT2D eigenvalue weighted by atomic mass is 9.60. The van der Waals surface area contributed by atoms with Crippen molar-refractivity contribution in [3.63, 3.8) is 0 Å². The predicted molar refractivity (Wildman–Crippen MR) is 75.2 cm³/mol. The Morgan fingerprint density at radius 2 is 1.72 bits per heavy atom. The average Bonchev–Trinajstić information content (AvgIpc) is 2.59. The van der Waals surface area contributed by atoms with E-state index in [2.05, 4.69) is 27.7 Å². The Labute approximate surface area is 112 Å². The van der Waals surface area contributed by atoms with Crippen molar-refractivity contribution in [2.24, 2.45) is 34.5 Å². The van der Waals surface area contributed by atoms with Crippen LogP contribution in [0, 0.1) is 34.5 Å². The first kappa shape index (κ1) is 13.0. The van der Waals surface area contributed by atoms with Gasteiger partial charge in [-0.2, -0.15) is 0 Å². The van der Waals surface area contributed by atoms with Gasteiger partial charge in [0.1, 0.15) is 0 Å². The van der Waals surface area contributed by atoms with Gasteiger partial charge >= 0.3 is 0 Å². The third-order valence-corrected chi connectivity index (χ3v) is 7.38. The van der Waals surface area contributed by atoms with Crippen molar-refractivity contribution in [2.45, 2.75) is 72.3 Å². The molecule has 0 saturated heterocycles. The molecule has 6 atom stereocenters. The van der Waals surface area contributed by atoms with Crippen molar-refractivity contribution in [1.82, 2.24) is 0 Å².